The first kappa shape index (κ1) is 29.8. The van der Waals surface area contributed by atoms with Crippen LogP contribution < -0.4 is 16.6 Å². The number of H-pyrrole nitrogens is 1. The summed E-state index contributed by atoms with van der Waals surface area (Å²) in [6.07, 6.45) is -4.08. The summed E-state index contributed by atoms with van der Waals surface area (Å²) in [6.45, 7) is 2.81. The number of hydrogen-bond acceptors (Lipinski definition) is 5. The predicted molar refractivity (Wildman–Crippen MR) is 146 cm³/mol. The Balaban J connectivity index is 1.69. The van der Waals surface area contributed by atoms with E-state index in [0.717, 1.165) is 4.57 Å². The number of para-hydroxylation sites is 1. The number of nitrogens with one attached hydrogen (secondary N) is 2. The van der Waals surface area contributed by atoms with Crippen LogP contribution in [0.2, 0.25) is 0 Å². The average Bonchev–Trinajstić information content (AvgIpc) is 3.29. The molecule has 0 fully saturated rings. The molecule has 0 saturated carbocycles. The van der Waals surface area contributed by atoms with Gasteiger partial charge in [-0.05, 0) is 69.9 Å². The van der Waals surface area contributed by atoms with Crippen molar-refractivity contribution in [1.29, 1.82) is 0 Å². The van der Waals surface area contributed by atoms with Gasteiger partial charge in [-0.3, -0.25) is 18.3 Å². The fraction of sp³-hybridized carbons (Fsp3) is 0.429. The number of carbonyl (C=O) groups is 1. The second-order valence-electron chi connectivity index (χ2n) is 10.7. The van der Waals surface area contributed by atoms with Gasteiger partial charge in [0.25, 0.3) is 5.56 Å². The number of rotatable bonds is 9. The average molecular weight is 578 g/mol. The van der Waals surface area contributed by atoms with E-state index in [1.165, 1.54) is 18.2 Å². The van der Waals surface area contributed by atoms with Crippen molar-refractivity contribution in [1.82, 2.24) is 24.4 Å². The molecule has 1 atom stereocenters. The van der Waals surface area contributed by atoms with Crippen LogP contribution in [0.1, 0.15) is 57.5 Å². The highest BCUT2D eigenvalue weighted by atomic mass is 19.4. The van der Waals surface area contributed by atoms with E-state index >= 15 is 0 Å². The molecule has 0 aliphatic carbocycles. The first-order valence-electron chi connectivity index (χ1n) is 13.1. The first-order chi connectivity index (χ1) is 19.3. The van der Waals surface area contributed by atoms with Crippen LogP contribution >= 0.6 is 0 Å². The molecule has 220 valence electrons. The number of imidazole rings is 1. The summed E-state index contributed by atoms with van der Waals surface area (Å²) >= 11 is 0. The molecule has 0 aliphatic rings. The largest absolute Gasteiger partial charge is 0.444 e. The highest BCUT2D eigenvalue weighted by Gasteiger charge is 2.31. The zero-order chi connectivity index (χ0) is 29.9. The number of amides is 1. The van der Waals surface area contributed by atoms with Crippen LogP contribution in [0.3, 0.4) is 0 Å². The van der Waals surface area contributed by atoms with Crippen molar-refractivity contribution in [3.63, 3.8) is 0 Å². The van der Waals surface area contributed by atoms with E-state index in [2.05, 4.69) is 15.3 Å². The Morgan fingerprint density at radius 3 is 2.49 bits per heavy atom. The summed E-state index contributed by atoms with van der Waals surface area (Å²) in [5, 5.41) is 2.80. The summed E-state index contributed by atoms with van der Waals surface area (Å²) in [6, 6.07) is 10.7. The van der Waals surface area contributed by atoms with Gasteiger partial charge in [0, 0.05) is 0 Å². The van der Waals surface area contributed by atoms with Gasteiger partial charge in [-0.15, -0.1) is 0 Å². The standard InChI is InChI=1S/C28H31F4N5O4/c1-27(2,3)41-25(39)35-19(9-6-7-13-29)17-11-12-20-21(14-17)34-23(33-20)15-36-22-10-5-4-8-18(22)24(38)37(26(36)40)16-28(30,31)32/h4-5,8,10-12,14,19H,6-7,9,13,15-16H2,1-3H3,(H,33,34)(H,35,39). The lowest BCUT2D eigenvalue weighted by molar-refractivity contribution is -0.141. The zero-order valence-electron chi connectivity index (χ0n) is 22.8. The summed E-state index contributed by atoms with van der Waals surface area (Å²) in [4.78, 5) is 45.8. The molecule has 13 heteroatoms. The molecule has 0 aliphatic heterocycles. The molecule has 9 nitrogen and oxygen atoms in total. The Hall–Kier alpha value is -4.16. The van der Waals surface area contributed by atoms with Crippen LogP contribution in [0.15, 0.2) is 52.1 Å². The fourth-order valence-electron chi connectivity index (χ4n) is 4.58. The van der Waals surface area contributed by atoms with Crippen molar-refractivity contribution in [3.05, 3.63) is 74.7 Å². The number of fused-ring (bicyclic) bond motifs is 2. The Labute approximate surface area is 232 Å². The predicted octanol–water partition coefficient (Wildman–Crippen LogP) is 5.36. The third-order valence-corrected chi connectivity index (χ3v) is 6.30. The lowest BCUT2D eigenvalue weighted by Crippen LogP contribution is -2.43. The summed E-state index contributed by atoms with van der Waals surface area (Å²) in [5.41, 5.74) is -0.883. The number of benzene rings is 2. The van der Waals surface area contributed by atoms with Gasteiger partial charge in [-0.1, -0.05) is 18.2 Å². The Bertz CT molecular complexity index is 1670. The minimum Gasteiger partial charge on any atom is -0.444 e. The number of carbonyl (C=O) groups excluding carboxylic acids is 1. The summed E-state index contributed by atoms with van der Waals surface area (Å²) in [7, 11) is 0. The van der Waals surface area contributed by atoms with Gasteiger partial charge < -0.3 is 15.0 Å². The van der Waals surface area contributed by atoms with Crippen molar-refractivity contribution in [3.8, 4) is 0 Å². The lowest BCUT2D eigenvalue weighted by Gasteiger charge is -2.24. The quantitative estimate of drug-likeness (QED) is 0.206. The fourth-order valence-corrected chi connectivity index (χ4v) is 4.58. The maximum absolute atomic E-state index is 13.2. The van der Waals surface area contributed by atoms with Crippen LogP contribution in [0, 0.1) is 0 Å². The monoisotopic (exact) mass is 577 g/mol. The zero-order valence-corrected chi connectivity index (χ0v) is 22.8. The minimum absolute atomic E-state index is 0.0286. The van der Waals surface area contributed by atoms with E-state index in [-0.39, 0.29) is 27.8 Å². The molecule has 41 heavy (non-hydrogen) atoms. The van der Waals surface area contributed by atoms with Crippen molar-refractivity contribution >= 4 is 28.0 Å². The highest BCUT2D eigenvalue weighted by molar-refractivity contribution is 5.78. The van der Waals surface area contributed by atoms with Crippen LogP contribution in [0.5, 0.6) is 0 Å². The number of hydrogen-bond donors (Lipinski definition) is 2. The van der Waals surface area contributed by atoms with Crippen molar-refractivity contribution in [2.75, 3.05) is 6.67 Å². The van der Waals surface area contributed by atoms with Crippen molar-refractivity contribution < 1.29 is 27.1 Å². The van der Waals surface area contributed by atoms with Crippen LogP contribution in [-0.4, -0.2) is 43.6 Å². The summed E-state index contributed by atoms with van der Waals surface area (Å²) < 4.78 is 58.9. The molecule has 2 aromatic carbocycles. The van der Waals surface area contributed by atoms with E-state index in [9.17, 15) is 31.9 Å². The van der Waals surface area contributed by atoms with E-state index in [4.69, 9.17) is 4.74 Å². The third-order valence-electron chi connectivity index (χ3n) is 6.30. The van der Waals surface area contributed by atoms with E-state index in [0.29, 0.717) is 35.9 Å². The highest BCUT2D eigenvalue weighted by Crippen LogP contribution is 2.25. The minimum atomic E-state index is -4.77. The van der Waals surface area contributed by atoms with Crippen molar-refractivity contribution in [2.24, 2.45) is 0 Å². The SMILES string of the molecule is CC(C)(C)OC(=O)NC(CCCCF)c1ccc2nc(Cn3c(=O)n(CC(F)(F)F)c(=O)c4ccccc43)[nH]c2c1. The van der Waals surface area contributed by atoms with Gasteiger partial charge in [-0.2, -0.15) is 13.2 Å². The molecule has 1 unspecified atom stereocenters. The summed E-state index contributed by atoms with van der Waals surface area (Å²) in [5.74, 6) is 0.274. The molecule has 0 bridgehead atoms. The van der Waals surface area contributed by atoms with E-state index in [1.807, 2.05) is 0 Å². The van der Waals surface area contributed by atoms with Crippen LogP contribution in [0.4, 0.5) is 22.4 Å². The molecule has 2 heterocycles. The number of aromatic amines is 1. The number of aromatic nitrogens is 4. The maximum atomic E-state index is 13.2. The van der Waals surface area contributed by atoms with Gasteiger partial charge in [0.15, 0.2) is 0 Å². The number of alkyl halides is 4. The number of unbranched alkanes of at least 4 members (excludes halogenated alkanes) is 1. The van der Waals surface area contributed by atoms with E-state index < -0.39 is 48.4 Å². The third kappa shape index (κ3) is 7.33. The number of alkyl carbamates (subject to hydrolysis) is 1. The molecule has 4 rings (SSSR count). The normalized spacial score (nSPS) is 13.0. The topological polar surface area (TPSA) is 111 Å². The van der Waals surface area contributed by atoms with Gasteiger partial charge in [0.1, 0.15) is 18.0 Å². The second-order valence-corrected chi connectivity index (χ2v) is 10.7. The smallest absolute Gasteiger partial charge is 0.408 e. The van der Waals surface area contributed by atoms with Gasteiger partial charge in [0.2, 0.25) is 0 Å². The van der Waals surface area contributed by atoms with Crippen molar-refractivity contribution in [2.45, 2.75) is 70.9 Å². The van der Waals surface area contributed by atoms with Gasteiger partial charge >= 0.3 is 18.0 Å². The van der Waals surface area contributed by atoms with Gasteiger partial charge in [-0.25, -0.2) is 14.6 Å². The molecule has 2 N–H and O–H groups in total. The maximum Gasteiger partial charge on any atom is 0.408 e. The Morgan fingerprint density at radius 1 is 1.07 bits per heavy atom. The Morgan fingerprint density at radius 2 is 1.80 bits per heavy atom. The number of ether oxygens (including phenoxy) is 1. The van der Waals surface area contributed by atoms with Gasteiger partial charge in [0.05, 0.1) is 41.2 Å². The second kappa shape index (κ2) is 11.8. The molecule has 0 spiro atoms. The van der Waals surface area contributed by atoms with Crippen LogP contribution in [0.25, 0.3) is 21.9 Å². The first-order valence-corrected chi connectivity index (χ1v) is 13.1. The molecular weight excluding hydrogens is 546 g/mol. The molecule has 2 aromatic heterocycles. The molecule has 0 saturated heterocycles. The number of halogens is 4. The molecule has 0 radical (unpaired) electrons. The van der Waals surface area contributed by atoms with E-state index in [1.54, 1.807) is 45.0 Å². The number of nitrogens with zero attached hydrogens (tertiary/aromatic N) is 3. The van der Waals surface area contributed by atoms with Crippen LogP contribution in [-0.2, 0) is 17.8 Å². The molecule has 4 aromatic rings. The Kier molecular flexibility index (Phi) is 8.55. The lowest BCUT2D eigenvalue weighted by atomic mass is 10.0. The molecular formula is C28H31F4N5O4. The molecule has 1 amide bonds.